The van der Waals surface area contributed by atoms with Gasteiger partial charge in [-0.25, -0.2) is 4.79 Å². The van der Waals surface area contributed by atoms with Gasteiger partial charge in [0, 0.05) is 24.0 Å². The van der Waals surface area contributed by atoms with Crippen LogP contribution in [0, 0.1) is 6.92 Å². The van der Waals surface area contributed by atoms with Crippen molar-refractivity contribution in [3.63, 3.8) is 0 Å². The molecule has 0 saturated heterocycles. The largest absolute Gasteiger partial charge is 0.355 e. The number of hydrogen-bond acceptors (Lipinski definition) is 4. The fourth-order valence-corrected chi connectivity index (χ4v) is 3.45. The average Bonchev–Trinajstić information content (AvgIpc) is 3.18. The minimum atomic E-state index is -0.390. The van der Waals surface area contributed by atoms with E-state index in [1.54, 1.807) is 56.4 Å². The van der Waals surface area contributed by atoms with Crippen molar-refractivity contribution in [1.82, 2.24) is 5.32 Å². The summed E-state index contributed by atoms with van der Waals surface area (Å²) in [6.07, 6.45) is 0. The van der Waals surface area contributed by atoms with Crippen molar-refractivity contribution < 1.29 is 14.4 Å². The second kappa shape index (κ2) is 9.03. The Bertz CT molecular complexity index is 1050. The van der Waals surface area contributed by atoms with Gasteiger partial charge in [-0.05, 0) is 48.9 Å². The van der Waals surface area contributed by atoms with Crippen molar-refractivity contribution in [2.45, 2.75) is 6.92 Å². The molecule has 29 heavy (non-hydrogen) atoms. The number of para-hydroxylation sites is 1. The van der Waals surface area contributed by atoms with Gasteiger partial charge in [0.05, 0.1) is 9.88 Å². The molecule has 0 aliphatic carbocycles. The number of amides is 4. The van der Waals surface area contributed by atoms with Gasteiger partial charge >= 0.3 is 6.03 Å². The van der Waals surface area contributed by atoms with Crippen molar-refractivity contribution in [3.8, 4) is 0 Å². The normalized spacial score (nSPS) is 10.1. The highest BCUT2D eigenvalue weighted by Gasteiger charge is 2.15. The Hall–Kier alpha value is -3.65. The number of anilines is 3. The molecule has 7 nitrogen and oxygen atoms in total. The Balaban J connectivity index is 1.65. The molecule has 148 valence electrons. The van der Waals surface area contributed by atoms with Gasteiger partial charge in [0.2, 0.25) is 0 Å². The molecule has 3 rings (SSSR count). The van der Waals surface area contributed by atoms with Crippen molar-refractivity contribution in [3.05, 3.63) is 76.7 Å². The zero-order valence-electron chi connectivity index (χ0n) is 15.9. The monoisotopic (exact) mass is 408 g/mol. The summed E-state index contributed by atoms with van der Waals surface area (Å²) in [6.45, 7) is 1.77. The van der Waals surface area contributed by atoms with Crippen LogP contribution in [0.1, 0.15) is 25.6 Å². The molecule has 0 atom stereocenters. The van der Waals surface area contributed by atoms with Crippen LogP contribution in [0.4, 0.5) is 21.2 Å². The van der Waals surface area contributed by atoms with Crippen LogP contribution in [0.25, 0.3) is 0 Å². The number of urea groups is 1. The minimum absolute atomic E-state index is 0.217. The van der Waals surface area contributed by atoms with E-state index in [-0.39, 0.29) is 17.8 Å². The molecule has 2 aromatic carbocycles. The molecule has 1 aromatic heterocycles. The molecule has 1 heterocycles. The molecule has 0 radical (unpaired) electrons. The van der Waals surface area contributed by atoms with Crippen molar-refractivity contribution in [1.29, 1.82) is 0 Å². The molecular formula is C21H20N4O3S. The summed E-state index contributed by atoms with van der Waals surface area (Å²) in [4.78, 5) is 37.0. The van der Waals surface area contributed by atoms with E-state index in [1.165, 1.54) is 0 Å². The molecule has 0 unspecified atom stereocenters. The summed E-state index contributed by atoms with van der Waals surface area (Å²) < 4.78 is 0. The molecule has 0 spiro atoms. The first-order chi connectivity index (χ1) is 14.0. The van der Waals surface area contributed by atoms with Crippen LogP contribution in [-0.2, 0) is 0 Å². The van der Waals surface area contributed by atoms with E-state index in [4.69, 9.17) is 0 Å². The number of nitrogens with one attached hydrogen (secondary N) is 4. The van der Waals surface area contributed by atoms with E-state index in [1.807, 2.05) is 18.2 Å². The lowest BCUT2D eigenvalue weighted by molar-refractivity contribution is 0.0961. The topological polar surface area (TPSA) is 99.3 Å². The molecule has 0 fully saturated rings. The number of benzene rings is 2. The molecule has 8 heteroatoms. The van der Waals surface area contributed by atoms with Gasteiger partial charge in [-0.2, -0.15) is 0 Å². The van der Waals surface area contributed by atoms with Crippen LogP contribution in [0.3, 0.4) is 0 Å². The fourth-order valence-electron chi connectivity index (χ4n) is 2.66. The smallest absolute Gasteiger partial charge is 0.324 e. The molecule has 4 N–H and O–H groups in total. The molecule has 4 amide bonds. The standard InChI is InChI=1S/C21H20N4O3S/c1-13-15(19(26)22-2)9-6-10-16(13)24-20(27)17-11-12-18(29-17)25-21(28)23-14-7-4-3-5-8-14/h3-12H,1-2H3,(H,22,26)(H,24,27)(H2,23,25,28). The first-order valence-electron chi connectivity index (χ1n) is 8.84. The quantitative estimate of drug-likeness (QED) is 0.506. The van der Waals surface area contributed by atoms with E-state index < -0.39 is 0 Å². The van der Waals surface area contributed by atoms with E-state index in [9.17, 15) is 14.4 Å². The Morgan fingerprint density at radius 1 is 0.793 bits per heavy atom. The Morgan fingerprint density at radius 2 is 1.55 bits per heavy atom. The van der Waals surface area contributed by atoms with Gasteiger partial charge < -0.3 is 16.0 Å². The third kappa shape index (κ3) is 4.99. The van der Waals surface area contributed by atoms with Gasteiger partial charge in [0.15, 0.2) is 0 Å². The van der Waals surface area contributed by atoms with Crippen LogP contribution >= 0.6 is 11.3 Å². The first kappa shape index (κ1) is 20.1. The van der Waals surface area contributed by atoms with Crippen LogP contribution in [-0.4, -0.2) is 24.9 Å². The molecular weight excluding hydrogens is 388 g/mol. The fraction of sp³-hybridized carbons (Fsp3) is 0.0952. The third-order valence-corrected chi connectivity index (χ3v) is 5.15. The summed E-state index contributed by atoms with van der Waals surface area (Å²) in [6, 6.07) is 17.1. The zero-order valence-corrected chi connectivity index (χ0v) is 16.7. The molecule has 3 aromatic rings. The predicted octanol–water partition coefficient (Wildman–Crippen LogP) is 4.31. The Labute approximate surface area is 172 Å². The summed E-state index contributed by atoms with van der Waals surface area (Å²) in [5.41, 5.74) is 2.40. The van der Waals surface area contributed by atoms with Gasteiger partial charge in [-0.15, -0.1) is 11.3 Å². The zero-order chi connectivity index (χ0) is 20.8. The Morgan fingerprint density at radius 3 is 2.28 bits per heavy atom. The highest BCUT2D eigenvalue weighted by molar-refractivity contribution is 7.18. The van der Waals surface area contributed by atoms with E-state index in [0.29, 0.717) is 32.4 Å². The van der Waals surface area contributed by atoms with Crippen LogP contribution < -0.4 is 21.3 Å². The van der Waals surface area contributed by atoms with Crippen LogP contribution in [0.2, 0.25) is 0 Å². The van der Waals surface area contributed by atoms with Crippen molar-refractivity contribution >= 4 is 45.6 Å². The minimum Gasteiger partial charge on any atom is -0.355 e. The Kier molecular flexibility index (Phi) is 6.25. The van der Waals surface area contributed by atoms with E-state index in [2.05, 4.69) is 21.3 Å². The second-order valence-electron chi connectivity index (χ2n) is 6.12. The lowest BCUT2D eigenvalue weighted by Crippen LogP contribution is -2.20. The average molecular weight is 408 g/mol. The number of hydrogen-bond donors (Lipinski definition) is 4. The molecule has 0 bridgehead atoms. The summed E-state index contributed by atoms with van der Waals surface area (Å²) in [5.74, 6) is -0.533. The maximum absolute atomic E-state index is 12.6. The van der Waals surface area contributed by atoms with Crippen molar-refractivity contribution in [2.75, 3.05) is 23.0 Å². The van der Waals surface area contributed by atoms with Gasteiger partial charge in [0.25, 0.3) is 11.8 Å². The third-order valence-electron chi connectivity index (χ3n) is 4.15. The highest BCUT2D eigenvalue weighted by atomic mass is 32.1. The van der Waals surface area contributed by atoms with Crippen molar-refractivity contribution in [2.24, 2.45) is 0 Å². The van der Waals surface area contributed by atoms with Crippen LogP contribution in [0.5, 0.6) is 0 Å². The summed E-state index contributed by atoms with van der Waals surface area (Å²) in [5, 5.41) is 11.4. The lowest BCUT2D eigenvalue weighted by atomic mass is 10.1. The SMILES string of the molecule is CNC(=O)c1cccc(NC(=O)c2ccc(NC(=O)Nc3ccccc3)s2)c1C. The van der Waals surface area contributed by atoms with Crippen LogP contribution in [0.15, 0.2) is 60.7 Å². The highest BCUT2D eigenvalue weighted by Crippen LogP contribution is 2.25. The van der Waals surface area contributed by atoms with Gasteiger partial charge in [-0.1, -0.05) is 24.3 Å². The summed E-state index contributed by atoms with van der Waals surface area (Å²) >= 11 is 1.16. The maximum atomic E-state index is 12.6. The van der Waals surface area contributed by atoms with Gasteiger partial charge in [0.1, 0.15) is 0 Å². The number of carbonyl (C=O) groups is 3. The molecule has 0 aliphatic heterocycles. The number of rotatable bonds is 5. The van der Waals surface area contributed by atoms with E-state index >= 15 is 0 Å². The molecule has 0 aliphatic rings. The number of carbonyl (C=O) groups excluding carboxylic acids is 3. The second-order valence-corrected chi connectivity index (χ2v) is 7.20. The van der Waals surface area contributed by atoms with E-state index in [0.717, 1.165) is 11.3 Å². The molecule has 0 saturated carbocycles. The first-order valence-corrected chi connectivity index (χ1v) is 9.65. The number of thiophene rings is 1. The van der Waals surface area contributed by atoms with Gasteiger partial charge in [-0.3, -0.25) is 14.9 Å². The predicted molar refractivity (Wildman–Crippen MR) is 116 cm³/mol. The lowest BCUT2D eigenvalue weighted by Gasteiger charge is -2.11. The maximum Gasteiger partial charge on any atom is 0.324 e. The summed E-state index contributed by atoms with van der Waals surface area (Å²) in [7, 11) is 1.56.